The van der Waals surface area contributed by atoms with Crippen LogP contribution in [-0.4, -0.2) is 42.4 Å². The highest BCUT2D eigenvalue weighted by atomic mass is 32.1. The lowest BCUT2D eigenvalue weighted by Gasteiger charge is -2.24. The molecule has 96 valence electrons. The Morgan fingerprint density at radius 2 is 2.47 bits per heavy atom. The van der Waals surface area contributed by atoms with Gasteiger partial charge in [0.1, 0.15) is 0 Å². The van der Waals surface area contributed by atoms with Crippen LogP contribution in [0, 0.1) is 0 Å². The molecule has 2 rings (SSSR count). The van der Waals surface area contributed by atoms with E-state index in [4.69, 9.17) is 9.84 Å². The van der Waals surface area contributed by atoms with Crippen LogP contribution in [0.4, 0.5) is 0 Å². The average molecular weight is 255 g/mol. The van der Waals surface area contributed by atoms with E-state index in [1.54, 1.807) is 11.3 Å². The van der Waals surface area contributed by atoms with Gasteiger partial charge < -0.3 is 9.84 Å². The van der Waals surface area contributed by atoms with E-state index in [1.165, 1.54) is 17.7 Å². The molecule has 0 aromatic carbocycles. The lowest BCUT2D eigenvalue weighted by Crippen LogP contribution is -2.32. The van der Waals surface area contributed by atoms with Crippen molar-refractivity contribution in [1.82, 2.24) is 4.90 Å². The maximum Gasteiger partial charge on any atom is 0.0702 e. The van der Waals surface area contributed by atoms with Gasteiger partial charge >= 0.3 is 0 Å². The largest absolute Gasteiger partial charge is 0.396 e. The molecule has 2 heterocycles. The minimum atomic E-state index is 0.270. The Morgan fingerprint density at radius 1 is 1.53 bits per heavy atom. The van der Waals surface area contributed by atoms with Crippen molar-refractivity contribution < 1.29 is 9.84 Å². The van der Waals surface area contributed by atoms with Crippen molar-refractivity contribution in [3.8, 4) is 0 Å². The third kappa shape index (κ3) is 4.39. The Morgan fingerprint density at radius 3 is 3.12 bits per heavy atom. The zero-order valence-corrected chi connectivity index (χ0v) is 11.0. The molecular formula is C13H21NO2S. The molecule has 1 aromatic rings. The lowest BCUT2D eigenvalue weighted by molar-refractivity contribution is 0.0685. The number of hydrogen-bond acceptors (Lipinski definition) is 4. The molecule has 3 nitrogen and oxygen atoms in total. The van der Waals surface area contributed by atoms with E-state index in [0.29, 0.717) is 6.10 Å². The Bertz CT molecular complexity index is 296. The van der Waals surface area contributed by atoms with Crippen LogP contribution < -0.4 is 0 Å². The highest BCUT2D eigenvalue weighted by molar-refractivity contribution is 7.09. The molecule has 1 unspecified atom stereocenters. The summed E-state index contributed by atoms with van der Waals surface area (Å²) in [6, 6.07) is 4.27. The Kier molecular flexibility index (Phi) is 5.45. The minimum absolute atomic E-state index is 0.270. The SMILES string of the molecule is OCCCN(Cc1cccs1)CC1CCCO1. The maximum atomic E-state index is 8.95. The van der Waals surface area contributed by atoms with Crippen molar-refractivity contribution >= 4 is 11.3 Å². The van der Waals surface area contributed by atoms with Crippen molar-refractivity contribution in [1.29, 1.82) is 0 Å². The third-order valence-corrected chi connectivity index (χ3v) is 3.94. The molecule has 1 saturated heterocycles. The van der Waals surface area contributed by atoms with E-state index in [2.05, 4.69) is 22.4 Å². The first-order chi connectivity index (χ1) is 8.38. The first-order valence-corrected chi connectivity index (χ1v) is 7.23. The summed E-state index contributed by atoms with van der Waals surface area (Å²) in [6.45, 7) is 4.12. The summed E-state index contributed by atoms with van der Waals surface area (Å²) in [5, 5.41) is 11.1. The van der Waals surface area contributed by atoms with Gasteiger partial charge in [-0.05, 0) is 30.7 Å². The Labute approximate surface area is 107 Å². The zero-order valence-electron chi connectivity index (χ0n) is 10.2. The van der Waals surface area contributed by atoms with E-state index in [-0.39, 0.29) is 6.61 Å². The van der Waals surface area contributed by atoms with Gasteiger partial charge in [0, 0.05) is 37.7 Å². The van der Waals surface area contributed by atoms with Crippen LogP contribution in [0.1, 0.15) is 24.1 Å². The van der Waals surface area contributed by atoms with Crippen molar-refractivity contribution in [2.45, 2.75) is 31.9 Å². The highest BCUT2D eigenvalue weighted by Gasteiger charge is 2.19. The van der Waals surface area contributed by atoms with Crippen molar-refractivity contribution in [2.75, 3.05) is 26.3 Å². The van der Waals surface area contributed by atoms with Crippen LogP contribution in [-0.2, 0) is 11.3 Å². The lowest BCUT2D eigenvalue weighted by atomic mass is 10.2. The summed E-state index contributed by atoms with van der Waals surface area (Å²) in [4.78, 5) is 3.79. The molecule has 1 aliphatic heterocycles. The molecule has 0 saturated carbocycles. The number of hydrogen-bond donors (Lipinski definition) is 1. The van der Waals surface area contributed by atoms with Crippen molar-refractivity contribution in [2.24, 2.45) is 0 Å². The van der Waals surface area contributed by atoms with E-state index in [0.717, 1.165) is 32.7 Å². The molecule has 1 fully saturated rings. The highest BCUT2D eigenvalue weighted by Crippen LogP contribution is 2.17. The molecule has 17 heavy (non-hydrogen) atoms. The van der Waals surface area contributed by atoms with Crippen molar-refractivity contribution in [3.63, 3.8) is 0 Å². The summed E-state index contributed by atoms with van der Waals surface area (Å²) >= 11 is 1.80. The molecule has 0 amide bonds. The van der Waals surface area contributed by atoms with Crippen LogP contribution in [0.15, 0.2) is 17.5 Å². The Balaban J connectivity index is 1.83. The van der Waals surface area contributed by atoms with Gasteiger partial charge in [-0.1, -0.05) is 6.07 Å². The third-order valence-electron chi connectivity index (χ3n) is 3.08. The molecular weight excluding hydrogens is 234 g/mol. The van der Waals surface area contributed by atoms with Gasteiger partial charge in [0.2, 0.25) is 0 Å². The number of thiophene rings is 1. The monoisotopic (exact) mass is 255 g/mol. The van der Waals surface area contributed by atoms with Crippen LogP contribution in [0.2, 0.25) is 0 Å². The predicted octanol–water partition coefficient (Wildman–Crippen LogP) is 2.11. The van der Waals surface area contributed by atoms with Crippen LogP contribution in [0.25, 0.3) is 0 Å². The summed E-state index contributed by atoms with van der Waals surface area (Å²) in [7, 11) is 0. The van der Waals surface area contributed by atoms with E-state index >= 15 is 0 Å². The second-order valence-corrected chi connectivity index (χ2v) is 5.56. The summed E-state index contributed by atoms with van der Waals surface area (Å²) < 4.78 is 5.68. The van der Waals surface area contributed by atoms with Gasteiger partial charge in [0.25, 0.3) is 0 Å². The second kappa shape index (κ2) is 7.11. The van der Waals surface area contributed by atoms with E-state index in [1.807, 2.05) is 0 Å². The van der Waals surface area contributed by atoms with Gasteiger partial charge in [-0.25, -0.2) is 0 Å². The molecule has 4 heteroatoms. The van der Waals surface area contributed by atoms with E-state index < -0.39 is 0 Å². The summed E-state index contributed by atoms with van der Waals surface area (Å²) in [5.41, 5.74) is 0. The van der Waals surface area contributed by atoms with Crippen molar-refractivity contribution in [3.05, 3.63) is 22.4 Å². The standard InChI is InChI=1S/C13H21NO2S/c15-7-3-6-14(10-12-4-1-8-16-12)11-13-5-2-9-17-13/h2,5,9,12,15H,1,3-4,6-8,10-11H2. The number of nitrogens with zero attached hydrogens (tertiary/aromatic N) is 1. The predicted molar refractivity (Wildman–Crippen MR) is 70.3 cm³/mol. The summed E-state index contributed by atoms with van der Waals surface area (Å²) in [5.74, 6) is 0. The smallest absolute Gasteiger partial charge is 0.0702 e. The topological polar surface area (TPSA) is 32.7 Å². The normalized spacial score (nSPS) is 20.2. The number of rotatable bonds is 7. The number of aliphatic hydroxyl groups excluding tert-OH is 1. The van der Waals surface area contributed by atoms with Crippen LogP contribution in [0.3, 0.4) is 0 Å². The molecule has 0 radical (unpaired) electrons. The first-order valence-electron chi connectivity index (χ1n) is 6.35. The molecule has 1 atom stereocenters. The van der Waals surface area contributed by atoms with Crippen LogP contribution >= 0.6 is 11.3 Å². The van der Waals surface area contributed by atoms with Gasteiger partial charge in [-0.3, -0.25) is 4.90 Å². The Hall–Kier alpha value is -0.420. The molecule has 0 spiro atoms. The average Bonchev–Trinajstić information content (AvgIpc) is 2.99. The van der Waals surface area contributed by atoms with Gasteiger partial charge in [-0.15, -0.1) is 11.3 Å². The van der Waals surface area contributed by atoms with Gasteiger partial charge in [0.05, 0.1) is 6.10 Å². The van der Waals surface area contributed by atoms with Gasteiger partial charge in [-0.2, -0.15) is 0 Å². The fourth-order valence-corrected chi connectivity index (χ4v) is 2.97. The quantitative estimate of drug-likeness (QED) is 0.810. The number of ether oxygens (including phenoxy) is 1. The molecule has 0 aliphatic carbocycles. The van der Waals surface area contributed by atoms with E-state index in [9.17, 15) is 0 Å². The minimum Gasteiger partial charge on any atom is -0.396 e. The fourth-order valence-electron chi connectivity index (χ4n) is 2.23. The molecule has 0 bridgehead atoms. The maximum absolute atomic E-state index is 8.95. The van der Waals surface area contributed by atoms with Gasteiger partial charge in [0.15, 0.2) is 0 Å². The fraction of sp³-hybridized carbons (Fsp3) is 0.692. The summed E-state index contributed by atoms with van der Waals surface area (Å²) in [6.07, 6.45) is 3.61. The molecule has 1 aromatic heterocycles. The first kappa shape index (κ1) is 13.0. The molecule has 1 N–H and O–H groups in total. The van der Waals surface area contributed by atoms with Crippen LogP contribution in [0.5, 0.6) is 0 Å². The zero-order chi connectivity index (χ0) is 11.9. The molecule has 1 aliphatic rings. The second-order valence-electron chi connectivity index (χ2n) is 4.53. The number of aliphatic hydroxyl groups is 1.